The first-order valence-electron chi connectivity index (χ1n) is 6.31. The lowest BCUT2D eigenvalue weighted by molar-refractivity contribution is 0.177. The first kappa shape index (κ1) is 11.0. The molecule has 0 radical (unpaired) electrons. The molecule has 0 spiro atoms. The van der Waals surface area contributed by atoms with E-state index in [2.05, 4.69) is 10.3 Å². The summed E-state index contributed by atoms with van der Waals surface area (Å²) in [6.45, 7) is 0.684. The van der Waals surface area contributed by atoms with Crippen LogP contribution in [0.5, 0.6) is 5.88 Å². The molecule has 2 aliphatic heterocycles. The molecule has 2 saturated heterocycles. The van der Waals surface area contributed by atoms with E-state index in [4.69, 9.17) is 4.74 Å². The van der Waals surface area contributed by atoms with Gasteiger partial charge in [-0.05, 0) is 31.7 Å². The summed E-state index contributed by atoms with van der Waals surface area (Å²) in [5, 5.41) is 3.63. The summed E-state index contributed by atoms with van der Waals surface area (Å²) in [6, 6.07) is 4.31. The van der Waals surface area contributed by atoms with Crippen LogP contribution in [0.4, 0.5) is 4.39 Å². The molecule has 1 N–H and O–H groups in total. The Morgan fingerprint density at radius 3 is 3.00 bits per heavy atom. The highest BCUT2D eigenvalue weighted by molar-refractivity contribution is 5.10. The van der Waals surface area contributed by atoms with Crippen LogP contribution in [0.2, 0.25) is 0 Å². The maximum atomic E-state index is 12.7. The molecule has 0 aromatic carbocycles. The van der Waals surface area contributed by atoms with Gasteiger partial charge in [0.1, 0.15) is 5.82 Å². The number of fused-ring (bicyclic) bond motifs is 2. The van der Waals surface area contributed by atoms with Gasteiger partial charge >= 0.3 is 0 Å². The Balaban J connectivity index is 1.55. The van der Waals surface area contributed by atoms with Crippen LogP contribution in [0, 0.1) is 11.7 Å². The Hall–Kier alpha value is -1.16. The molecule has 0 unspecified atom stereocenters. The molecule has 4 heteroatoms. The Morgan fingerprint density at radius 1 is 1.29 bits per heavy atom. The van der Waals surface area contributed by atoms with E-state index in [1.807, 2.05) is 0 Å². The molecule has 0 aliphatic carbocycles. The molecule has 3 heterocycles. The fourth-order valence-corrected chi connectivity index (χ4v) is 2.91. The molecule has 0 saturated carbocycles. The second-order valence-corrected chi connectivity index (χ2v) is 5.01. The topological polar surface area (TPSA) is 34.1 Å². The predicted octanol–water partition coefficient (Wildman–Crippen LogP) is 2.13. The summed E-state index contributed by atoms with van der Waals surface area (Å²) >= 11 is 0. The largest absolute Gasteiger partial charge is 0.477 e. The number of piperidine rings is 1. The fraction of sp³-hybridized carbons (Fsp3) is 0.615. The lowest BCUT2D eigenvalue weighted by Gasteiger charge is -2.29. The van der Waals surface area contributed by atoms with E-state index in [9.17, 15) is 4.39 Å². The van der Waals surface area contributed by atoms with Crippen molar-refractivity contribution in [1.29, 1.82) is 0 Å². The highest BCUT2D eigenvalue weighted by Crippen LogP contribution is 2.31. The number of pyridine rings is 1. The summed E-state index contributed by atoms with van der Waals surface area (Å²) in [5.74, 6) is 0.766. The van der Waals surface area contributed by atoms with Gasteiger partial charge in [0, 0.05) is 24.1 Å². The van der Waals surface area contributed by atoms with Crippen LogP contribution >= 0.6 is 0 Å². The van der Waals surface area contributed by atoms with E-state index in [0.29, 0.717) is 24.4 Å². The summed E-state index contributed by atoms with van der Waals surface area (Å²) in [4.78, 5) is 3.91. The van der Waals surface area contributed by atoms with Gasteiger partial charge in [0.25, 0.3) is 0 Å². The number of hydrogen-bond acceptors (Lipinski definition) is 3. The molecule has 1 aromatic heterocycles. The van der Waals surface area contributed by atoms with Crippen molar-refractivity contribution in [3.8, 4) is 5.88 Å². The van der Waals surface area contributed by atoms with Gasteiger partial charge in [0.15, 0.2) is 0 Å². The molecule has 2 fully saturated rings. The van der Waals surface area contributed by atoms with Gasteiger partial charge < -0.3 is 10.1 Å². The molecule has 2 aliphatic rings. The third kappa shape index (κ3) is 2.41. The van der Waals surface area contributed by atoms with Crippen molar-refractivity contribution < 1.29 is 9.13 Å². The minimum atomic E-state index is -0.324. The number of nitrogens with one attached hydrogen (secondary N) is 1. The van der Waals surface area contributed by atoms with E-state index in [1.54, 1.807) is 6.07 Å². The van der Waals surface area contributed by atoms with Crippen molar-refractivity contribution in [2.45, 2.75) is 37.8 Å². The highest BCUT2D eigenvalue weighted by atomic mass is 19.1. The van der Waals surface area contributed by atoms with Crippen LogP contribution in [-0.2, 0) is 0 Å². The molecule has 3 nitrogen and oxygen atoms in total. The Kier molecular flexibility index (Phi) is 2.97. The van der Waals surface area contributed by atoms with Crippen LogP contribution in [0.15, 0.2) is 18.3 Å². The molecule has 17 heavy (non-hydrogen) atoms. The van der Waals surface area contributed by atoms with E-state index in [0.717, 1.165) is 6.04 Å². The van der Waals surface area contributed by atoms with E-state index >= 15 is 0 Å². The molecule has 92 valence electrons. The van der Waals surface area contributed by atoms with Crippen molar-refractivity contribution in [3.63, 3.8) is 0 Å². The van der Waals surface area contributed by atoms with Gasteiger partial charge in [-0.25, -0.2) is 9.37 Å². The highest BCUT2D eigenvalue weighted by Gasteiger charge is 2.35. The number of nitrogens with zero attached hydrogens (tertiary/aromatic N) is 1. The van der Waals surface area contributed by atoms with Crippen molar-refractivity contribution in [1.82, 2.24) is 10.3 Å². The van der Waals surface area contributed by atoms with E-state index in [1.165, 1.54) is 37.9 Å². The summed E-state index contributed by atoms with van der Waals surface area (Å²) in [6.07, 6.45) is 6.23. The zero-order valence-electron chi connectivity index (χ0n) is 9.73. The van der Waals surface area contributed by atoms with Gasteiger partial charge in [0.2, 0.25) is 5.88 Å². The SMILES string of the molecule is Fc1ccc(OC[C@H]2CC[C@H]3CC[C@@H]2N3)nc1. The predicted molar refractivity (Wildman–Crippen MR) is 62.4 cm³/mol. The van der Waals surface area contributed by atoms with Crippen molar-refractivity contribution in [2.24, 2.45) is 5.92 Å². The standard InChI is InChI=1S/C13H17FN2O/c14-10-2-6-13(15-7-10)17-8-9-1-3-11-4-5-12(9)16-11/h2,6-7,9,11-12,16H,1,3-5,8H2/t9-,11+,12+/m1/s1. The third-order valence-electron chi connectivity index (χ3n) is 3.88. The Labute approximate surface area is 100 Å². The lowest BCUT2D eigenvalue weighted by Crippen LogP contribution is -2.42. The number of aromatic nitrogens is 1. The average Bonchev–Trinajstić information content (AvgIpc) is 2.73. The maximum Gasteiger partial charge on any atom is 0.213 e. The summed E-state index contributed by atoms with van der Waals surface area (Å²) < 4.78 is 18.3. The quantitative estimate of drug-likeness (QED) is 0.873. The lowest BCUT2D eigenvalue weighted by atomic mass is 9.93. The van der Waals surface area contributed by atoms with Crippen LogP contribution in [0.1, 0.15) is 25.7 Å². The smallest absolute Gasteiger partial charge is 0.213 e. The van der Waals surface area contributed by atoms with Crippen molar-refractivity contribution in [2.75, 3.05) is 6.61 Å². The molecular formula is C13H17FN2O. The summed E-state index contributed by atoms with van der Waals surface area (Å²) in [7, 11) is 0. The molecule has 1 aromatic rings. The van der Waals surface area contributed by atoms with Crippen LogP contribution in [0.3, 0.4) is 0 Å². The fourth-order valence-electron chi connectivity index (χ4n) is 2.91. The van der Waals surface area contributed by atoms with Gasteiger partial charge in [0.05, 0.1) is 12.8 Å². The molecule has 3 rings (SSSR count). The first-order chi connectivity index (χ1) is 8.31. The molecular weight excluding hydrogens is 219 g/mol. The number of rotatable bonds is 3. The van der Waals surface area contributed by atoms with E-state index in [-0.39, 0.29) is 5.82 Å². The van der Waals surface area contributed by atoms with Crippen LogP contribution < -0.4 is 10.1 Å². The number of hydrogen-bond donors (Lipinski definition) is 1. The van der Waals surface area contributed by atoms with Gasteiger partial charge in [-0.2, -0.15) is 0 Å². The maximum absolute atomic E-state index is 12.7. The van der Waals surface area contributed by atoms with Crippen LogP contribution in [0.25, 0.3) is 0 Å². The number of halogens is 1. The molecule has 2 bridgehead atoms. The van der Waals surface area contributed by atoms with Crippen LogP contribution in [-0.4, -0.2) is 23.7 Å². The second kappa shape index (κ2) is 4.61. The Morgan fingerprint density at radius 2 is 2.18 bits per heavy atom. The minimum Gasteiger partial charge on any atom is -0.477 e. The molecule has 0 amide bonds. The molecule has 3 atom stereocenters. The summed E-state index contributed by atoms with van der Waals surface area (Å²) in [5.41, 5.74) is 0. The second-order valence-electron chi connectivity index (χ2n) is 5.01. The normalized spacial score (nSPS) is 31.5. The Bertz CT molecular complexity index is 382. The first-order valence-corrected chi connectivity index (χ1v) is 6.31. The monoisotopic (exact) mass is 236 g/mol. The zero-order chi connectivity index (χ0) is 11.7. The number of ether oxygens (including phenoxy) is 1. The average molecular weight is 236 g/mol. The van der Waals surface area contributed by atoms with Gasteiger partial charge in [-0.3, -0.25) is 0 Å². The zero-order valence-corrected chi connectivity index (χ0v) is 9.73. The van der Waals surface area contributed by atoms with E-state index < -0.39 is 0 Å². The minimum absolute atomic E-state index is 0.324. The van der Waals surface area contributed by atoms with Gasteiger partial charge in [-0.15, -0.1) is 0 Å². The van der Waals surface area contributed by atoms with Crippen molar-refractivity contribution in [3.05, 3.63) is 24.1 Å². The third-order valence-corrected chi connectivity index (χ3v) is 3.88. The van der Waals surface area contributed by atoms with Crippen molar-refractivity contribution >= 4 is 0 Å². The van der Waals surface area contributed by atoms with Gasteiger partial charge in [-0.1, -0.05) is 0 Å².